The molecule has 0 bridgehead atoms. The molecule has 2 nitrogen and oxygen atoms in total. The molecule has 0 fully saturated rings. The van der Waals surface area contributed by atoms with Gasteiger partial charge in [0.15, 0.2) is 5.78 Å². The van der Waals surface area contributed by atoms with Crippen LogP contribution in [0.4, 0.5) is 5.69 Å². The Morgan fingerprint density at radius 2 is 1.79 bits per heavy atom. The summed E-state index contributed by atoms with van der Waals surface area (Å²) < 4.78 is 0. The number of hydrogen-bond acceptors (Lipinski definition) is 2. The maximum Gasteiger partial charge on any atom is 0.159 e. The minimum absolute atomic E-state index is 0.121. The summed E-state index contributed by atoms with van der Waals surface area (Å²) in [6, 6.07) is 3.90. The predicted octanol–water partition coefficient (Wildman–Crippen LogP) is 2.57. The molecular formula is C12H17NO. The molecule has 14 heavy (non-hydrogen) atoms. The van der Waals surface area contributed by atoms with Gasteiger partial charge in [-0.1, -0.05) is 0 Å². The van der Waals surface area contributed by atoms with Gasteiger partial charge in [-0.2, -0.15) is 0 Å². The van der Waals surface area contributed by atoms with Crippen molar-refractivity contribution in [3.8, 4) is 0 Å². The molecule has 0 radical (unpaired) electrons. The first-order valence-corrected chi connectivity index (χ1v) is 4.73. The van der Waals surface area contributed by atoms with Crippen LogP contribution < -0.4 is 4.90 Å². The zero-order valence-corrected chi connectivity index (χ0v) is 9.51. The minimum Gasteiger partial charge on any atom is -0.377 e. The number of benzene rings is 1. The topological polar surface area (TPSA) is 20.3 Å². The van der Waals surface area contributed by atoms with Gasteiger partial charge in [0.1, 0.15) is 0 Å². The summed E-state index contributed by atoms with van der Waals surface area (Å²) in [5, 5.41) is 0. The van der Waals surface area contributed by atoms with Crippen LogP contribution in [0, 0.1) is 13.8 Å². The van der Waals surface area contributed by atoms with E-state index in [4.69, 9.17) is 0 Å². The van der Waals surface area contributed by atoms with Crippen LogP contribution in [0.15, 0.2) is 12.1 Å². The van der Waals surface area contributed by atoms with E-state index in [1.807, 2.05) is 38.1 Å². The molecule has 0 heterocycles. The van der Waals surface area contributed by atoms with Gasteiger partial charge >= 0.3 is 0 Å². The average Bonchev–Trinajstić information content (AvgIpc) is 2.08. The third-order valence-electron chi connectivity index (χ3n) is 2.53. The molecule has 0 aliphatic rings. The Bertz CT molecular complexity index is 367. The molecule has 1 rings (SSSR count). The molecule has 0 N–H and O–H groups in total. The maximum atomic E-state index is 11.3. The molecule has 76 valence electrons. The summed E-state index contributed by atoms with van der Waals surface area (Å²) in [7, 11) is 3.98. The molecule has 1 aromatic rings. The Morgan fingerprint density at radius 1 is 1.21 bits per heavy atom. The molecule has 1 aromatic carbocycles. The van der Waals surface area contributed by atoms with Crippen LogP contribution >= 0.6 is 0 Å². The van der Waals surface area contributed by atoms with Crippen molar-refractivity contribution in [1.82, 2.24) is 0 Å². The molecule has 0 atom stereocenters. The lowest BCUT2D eigenvalue weighted by Gasteiger charge is -2.18. The van der Waals surface area contributed by atoms with E-state index in [2.05, 4.69) is 6.92 Å². The summed E-state index contributed by atoms with van der Waals surface area (Å²) >= 11 is 0. The molecule has 0 amide bonds. The van der Waals surface area contributed by atoms with E-state index in [1.165, 1.54) is 11.1 Å². The van der Waals surface area contributed by atoms with E-state index < -0.39 is 0 Å². The first kappa shape index (κ1) is 10.8. The van der Waals surface area contributed by atoms with Crippen molar-refractivity contribution in [3.63, 3.8) is 0 Å². The second-order valence-electron chi connectivity index (χ2n) is 3.89. The maximum absolute atomic E-state index is 11.3. The van der Waals surface area contributed by atoms with Gasteiger partial charge < -0.3 is 4.90 Å². The Labute approximate surface area is 85.5 Å². The zero-order chi connectivity index (χ0) is 10.9. The van der Waals surface area contributed by atoms with E-state index in [0.29, 0.717) is 0 Å². The molecular weight excluding hydrogens is 174 g/mol. The van der Waals surface area contributed by atoms with Crippen molar-refractivity contribution < 1.29 is 4.79 Å². The fraction of sp³-hybridized carbons (Fsp3) is 0.417. The Hall–Kier alpha value is -1.31. The molecule has 0 aliphatic carbocycles. The van der Waals surface area contributed by atoms with Crippen molar-refractivity contribution in [2.45, 2.75) is 20.8 Å². The molecule has 0 unspecified atom stereocenters. The van der Waals surface area contributed by atoms with Crippen molar-refractivity contribution in [3.05, 3.63) is 28.8 Å². The van der Waals surface area contributed by atoms with Gasteiger partial charge in [0.25, 0.3) is 0 Å². The quantitative estimate of drug-likeness (QED) is 0.670. The predicted molar refractivity (Wildman–Crippen MR) is 60.2 cm³/mol. The van der Waals surface area contributed by atoms with Crippen LogP contribution in [0.25, 0.3) is 0 Å². The van der Waals surface area contributed by atoms with Gasteiger partial charge in [0, 0.05) is 25.3 Å². The van der Waals surface area contributed by atoms with E-state index in [9.17, 15) is 4.79 Å². The van der Waals surface area contributed by atoms with Gasteiger partial charge in [-0.25, -0.2) is 0 Å². The Kier molecular flexibility index (Phi) is 2.94. The lowest BCUT2D eigenvalue weighted by molar-refractivity contribution is 0.101. The number of aryl methyl sites for hydroxylation is 1. The highest BCUT2D eigenvalue weighted by Gasteiger charge is 2.08. The molecule has 0 saturated heterocycles. The van der Waals surface area contributed by atoms with Crippen LogP contribution in [0.2, 0.25) is 0 Å². The van der Waals surface area contributed by atoms with Crippen LogP contribution in [-0.2, 0) is 0 Å². The number of Topliss-reactive ketones (excluding diaryl/α,β-unsaturated/α-hetero) is 1. The number of rotatable bonds is 2. The van der Waals surface area contributed by atoms with E-state index in [0.717, 1.165) is 11.3 Å². The number of ketones is 1. The number of carbonyl (C=O) groups excluding carboxylic acids is 1. The third kappa shape index (κ3) is 1.95. The van der Waals surface area contributed by atoms with E-state index in [1.54, 1.807) is 6.92 Å². The molecule has 0 spiro atoms. The minimum atomic E-state index is 0.121. The Balaban J connectivity index is 3.35. The average molecular weight is 191 g/mol. The fourth-order valence-corrected chi connectivity index (χ4v) is 1.51. The first-order valence-electron chi connectivity index (χ1n) is 4.73. The largest absolute Gasteiger partial charge is 0.377 e. The Morgan fingerprint density at radius 3 is 2.21 bits per heavy atom. The lowest BCUT2D eigenvalue weighted by Crippen LogP contribution is -2.12. The van der Waals surface area contributed by atoms with Crippen molar-refractivity contribution >= 4 is 11.5 Å². The second-order valence-corrected chi connectivity index (χ2v) is 3.89. The van der Waals surface area contributed by atoms with E-state index >= 15 is 0 Å². The monoisotopic (exact) mass is 191 g/mol. The first-order chi connectivity index (χ1) is 6.43. The van der Waals surface area contributed by atoms with Crippen LogP contribution in [0.1, 0.15) is 28.4 Å². The summed E-state index contributed by atoms with van der Waals surface area (Å²) in [6.07, 6.45) is 0. The van der Waals surface area contributed by atoms with Gasteiger partial charge in [0.05, 0.1) is 0 Å². The van der Waals surface area contributed by atoms with Crippen LogP contribution in [-0.4, -0.2) is 19.9 Å². The number of carbonyl (C=O) groups is 1. The molecule has 0 aromatic heterocycles. The molecule has 2 heteroatoms. The van der Waals surface area contributed by atoms with Gasteiger partial charge in [0.2, 0.25) is 0 Å². The van der Waals surface area contributed by atoms with Crippen molar-refractivity contribution in [2.24, 2.45) is 0 Å². The standard InChI is InChI=1S/C12H17NO/c1-8-6-11(10(3)14)7-12(9(8)2)13(4)5/h6-7H,1-5H3. The SMILES string of the molecule is CC(=O)c1cc(C)c(C)c(N(C)C)c1. The number of hydrogen-bond donors (Lipinski definition) is 0. The smallest absolute Gasteiger partial charge is 0.159 e. The van der Waals surface area contributed by atoms with E-state index in [-0.39, 0.29) is 5.78 Å². The number of nitrogens with zero attached hydrogens (tertiary/aromatic N) is 1. The summed E-state index contributed by atoms with van der Waals surface area (Å²) in [5.41, 5.74) is 4.31. The van der Waals surface area contributed by atoms with Gasteiger partial charge in [-0.15, -0.1) is 0 Å². The zero-order valence-electron chi connectivity index (χ0n) is 9.51. The lowest BCUT2D eigenvalue weighted by atomic mass is 10.0. The van der Waals surface area contributed by atoms with Crippen molar-refractivity contribution in [2.75, 3.05) is 19.0 Å². The molecule has 0 aliphatic heterocycles. The summed E-state index contributed by atoms with van der Waals surface area (Å²) in [4.78, 5) is 13.3. The highest BCUT2D eigenvalue weighted by Crippen LogP contribution is 2.23. The third-order valence-corrected chi connectivity index (χ3v) is 2.53. The summed E-state index contributed by atoms with van der Waals surface area (Å²) in [6.45, 7) is 5.72. The van der Waals surface area contributed by atoms with Crippen molar-refractivity contribution in [1.29, 1.82) is 0 Å². The fourth-order valence-electron chi connectivity index (χ4n) is 1.51. The molecule has 0 saturated carbocycles. The van der Waals surface area contributed by atoms with Gasteiger partial charge in [-0.05, 0) is 44.0 Å². The highest BCUT2D eigenvalue weighted by molar-refractivity contribution is 5.95. The van der Waals surface area contributed by atoms with Crippen LogP contribution in [0.5, 0.6) is 0 Å². The van der Waals surface area contributed by atoms with Crippen LogP contribution in [0.3, 0.4) is 0 Å². The summed E-state index contributed by atoms with van der Waals surface area (Å²) in [5.74, 6) is 0.121. The highest BCUT2D eigenvalue weighted by atomic mass is 16.1. The number of anilines is 1. The van der Waals surface area contributed by atoms with Gasteiger partial charge in [-0.3, -0.25) is 4.79 Å². The second kappa shape index (κ2) is 3.82. The normalized spacial score (nSPS) is 10.1.